The zero-order chi connectivity index (χ0) is 23.4. The number of hydrogen-bond donors (Lipinski definition) is 2. The van der Waals surface area contributed by atoms with E-state index in [1.54, 1.807) is 15.5 Å². The van der Waals surface area contributed by atoms with Gasteiger partial charge in [0.2, 0.25) is 0 Å². The van der Waals surface area contributed by atoms with Crippen molar-refractivity contribution in [2.75, 3.05) is 13.6 Å². The highest BCUT2D eigenvalue weighted by Crippen LogP contribution is 2.20. The number of likely N-dealkylation sites (N-methyl/N-ethyl adjacent to an activating group) is 1. The van der Waals surface area contributed by atoms with Gasteiger partial charge in [0.15, 0.2) is 0 Å². The van der Waals surface area contributed by atoms with Crippen molar-refractivity contribution in [3.8, 4) is 0 Å². The van der Waals surface area contributed by atoms with Gasteiger partial charge in [0.1, 0.15) is 11.4 Å². The highest BCUT2D eigenvalue weighted by atomic mass is 16.2. The molecule has 2 heterocycles. The molecule has 0 aliphatic carbocycles. The average molecular weight is 443 g/mol. The summed E-state index contributed by atoms with van der Waals surface area (Å²) >= 11 is 0. The summed E-state index contributed by atoms with van der Waals surface area (Å²) in [6.07, 6.45) is 3.20. The van der Waals surface area contributed by atoms with Crippen molar-refractivity contribution in [1.82, 2.24) is 19.8 Å². The van der Waals surface area contributed by atoms with E-state index in [1.165, 1.54) is 0 Å². The van der Waals surface area contributed by atoms with Gasteiger partial charge in [-0.1, -0.05) is 42.0 Å². The van der Waals surface area contributed by atoms with Crippen LogP contribution in [-0.4, -0.2) is 45.9 Å². The van der Waals surface area contributed by atoms with E-state index in [0.717, 1.165) is 22.0 Å². The smallest absolute Gasteiger partial charge is 0.270 e. The first-order valence-electron chi connectivity index (χ1n) is 11.2. The Bertz CT molecular complexity index is 1260. The Morgan fingerprint density at radius 1 is 1.06 bits per heavy atom. The Balaban J connectivity index is 1.49. The largest absolute Gasteiger partial charge is 0.351 e. The summed E-state index contributed by atoms with van der Waals surface area (Å²) < 4.78 is 1.80. The van der Waals surface area contributed by atoms with Gasteiger partial charge >= 0.3 is 0 Å². The fourth-order valence-electron chi connectivity index (χ4n) is 4.18. The molecule has 4 rings (SSSR count). The molecule has 33 heavy (non-hydrogen) atoms. The number of aromatic amines is 1. The van der Waals surface area contributed by atoms with Crippen LogP contribution in [0.2, 0.25) is 0 Å². The Morgan fingerprint density at radius 3 is 2.58 bits per heavy atom. The van der Waals surface area contributed by atoms with Gasteiger partial charge in [0.05, 0.1) is 0 Å². The van der Waals surface area contributed by atoms with Gasteiger partial charge < -0.3 is 19.8 Å². The number of nitrogens with one attached hydrogen (secondary N) is 2. The van der Waals surface area contributed by atoms with Crippen LogP contribution < -0.4 is 5.32 Å². The zero-order valence-corrected chi connectivity index (χ0v) is 19.3. The minimum absolute atomic E-state index is 0.0569. The van der Waals surface area contributed by atoms with E-state index in [0.29, 0.717) is 30.8 Å². The average Bonchev–Trinajstić information content (AvgIpc) is 3.43. The molecule has 0 saturated heterocycles. The van der Waals surface area contributed by atoms with Crippen LogP contribution in [0.4, 0.5) is 0 Å². The molecular formula is C27H30N4O2. The Kier molecular flexibility index (Phi) is 6.63. The minimum atomic E-state index is -0.110. The fraction of sp³-hybridized carbons (Fsp3) is 0.259. The van der Waals surface area contributed by atoms with Crippen LogP contribution in [0.3, 0.4) is 0 Å². The summed E-state index contributed by atoms with van der Waals surface area (Å²) in [7, 11) is 3.69. The van der Waals surface area contributed by atoms with E-state index >= 15 is 0 Å². The number of aryl methyl sites for hydroxylation is 2. The second-order valence-corrected chi connectivity index (χ2v) is 8.58. The molecule has 1 unspecified atom stereocenters. The van der Waals surface area contributed by atoms with Crippen LogP contribution in [0.15, 0.2) is 72.9 Å². The monoisotopic (exact) mass is 442 g/mol. The van der Waals surface area contributed by atoms with E-state index in [2.05, 4.69) is 28.5 Å². The lowest BCUT2D eigenvalue weighted by molar-refractivity contribution is 0.0718. The number of aromatic nitrogens is 2. The maximum Gasteiger partial charge on any atom is 0.270 e. The highest BCUT2D eigenvalue weighted by molar-refractivity contribution is 5.98. The van der Waals surface area contributed by atoms with Gasteiger partial charge in [-0.2, -0.15) is 0 Å². The zero-order valence-electron chi connectivity index (χ0n) is 19.3. The van der Waals surface area contributed by atoms with Crippen LogP contribution >= 0.6 is 0 Å². The number of amides is 2. The van der Waals surface area contributed by atoms with Gasteiger partial charge in [0.25, 0.3) is 11.8 Å². The predicted molar refractivity (Wildman–Crippen MR) is 131 cm³/mol. The van der Waals surface area contributed by atoms with Gasteiger partial charge in [-0.25, -0.2) is 0 Å². The summed E-state index contributed by atoms with van der Waals surface area (Å²) in [4.78, 5) is 30.9. The first kappa shape index (κ1) is 22.4. The second-order valence-electron chi connectivity index (χ2n) is 8.58. The lowest BCUT2D eigenvalue weighted by atomic mass is 10.0. The molecule has 0 bridgehead atoms. The third-order valence-electron chi connectivity index (χ3n) is 6.13. The molecule has 2 aromatic heterocycles. The topological polar surface area (TPSA) is 70.1 Å². The van der Waals surface area contributed by atoms with E-state index in [-0.39, 0.29) is 17.9 Å². The van der Waals surface area contributed by atoms with E-state index < -0.39 is 0 Å². The Hall–Kier alpha value is -3.80. The second kappa shape index (κ2) is 9.77. The number of carbonyl (C=O) groups excluding carboxylic acids is 2. The Morgan fingerprint density at radius 2 is 1.85 bits per heavy atom. The van der Waals surface area contributed by atoms with Crippen molar-refractivity contribution < 1.29 is 9.59 Å². The van der Waals surface area contributed by atoms with E-state index in [9.17, 15) is 9.59 Å². The van der Waals surface area contributed by atoms with Crippen LogP contribution in [0.25, 0.3) is 10.9 Å². The highest BCUT2D eigenvalue weighted by Gasteiger charge is 2.23. The molecule has 170 valence electrons. The number of benzene rings is 2. The maximum atomic E-state index is 13.4. The van der Waals surface area contributed by atoms with Crippen molar-refractivity contribution in [3.05, 3.63) is 95.4 Å². The van der Waals surface area contributed by atoms with Crippen LogP contribution in [-0.2, 0) is 13.5 Å². The lowest BCUT2D eigenvalue weighted by Crippen LogP contribution is -2.41. The molecule has 2 amide bonds. The predicted octanol–water partition coefficient (Wildman–Crippen LogP) is 4.32. The summed E-state index contributed by atoms with van der Waals surface area (Å²) in [5.41, 5.74) is 4.45. The molecule has 0 fully saturated rings. The summed E-state index contributed by atoms with van der Waals surface area (Å²) in [5.74, 6) is -0.167. The summed E-state index contributed by atoms with van der Waals surface area (Å²) in [6.45, 7) is 2.52. The molecule has 6 heteroatoms. The SMILES string of the molecule is Cc1ccc2[nH]c(C(=O)N(C)C(CCNC(=O)c3cccn3C)Cc3ccccc3)cc2c1. The summed E-state index contributed by atoms with van der Waals surface area (Å²) in [6, 6.07) is 21.7. The van der Waals surface area contributed by atoms with Gasteiger partial charge in [0, 0.05) is 43.8 Å². The minimum Gasteiger partial charge on any atom is -0.351 e. The molecule has 0 aliphatic heterocycles. The van der Waals surface area contributed by atoms with Crippen molar-refractivity contribution in [3.63, 3.8) is 0 Å². The van der Waals surface area contributed by atoms with E-state index in [4.69, 9.17) is 0 Å². The summed E-state index contributed by atoms with van der Waals surface area (Å²) in [5, 5.41) is 4.03. The number of carbonyl (C=O) groups is 2. The molecule has 4 aromatic rings. The van der Waals surface area contributed by atoms with Gasteiger partial charge in [-0.3, -0.25) is 9.59 Å². The maximum absolute atomic E-state index is 13.4. The van der Waals surface area contributed by atoms with Crippen molar-refractivity contribution >= 4 is 22.7 Å². The normalized spacial score (nSPS) is 12.0. The van der Waals surface area contributed by atoms with Gasteiger partial charge in [-0.05, 0) is 55.7 Å². The molecule has 1 atom stereocenters. The van der Waals surface area contributed by atoms with Crippen LogP contribution in [0.1, 0.15) is 38.5 Å². The van der Waals surface area contributed by atoms with E-state index in [1.807, 2.05) is 69.7 Å². The van der Waals surface area contributed by atoms with Crippen LogP contribution in [0.5, 0.6) is 0 Å². The van der Waals surface area contributed by atoms with Crippen molar-refractivity contribution in [1.29, 1.82) is 0 Å². The third-order valence-corrected chi connectivity index (χ3v) is 6.13. The fourth-order valence-corrected chi connectivity index (χ4v) is 4.18. The third kappa shape index (κ3) is 5.17. The lowest BCUT2D eigenvalue weighted by Gasteiger charge is -2.28. The standard InChI is InChI=1S/C27H30N4O2/c1-19-11-12-23-21(16-19)18-24(29-23)27(33)31(3)22(17-20-8-5-4-6-9-20)13-14-28-26(32)25-10-7-15-30(25)2/h4-12,15-16,18,22,29H,13-14,17H2,1-3H3,(H,28,32). The Labute approximate surface area is 194 Å². The number of rotatable bonds is 8. The quantitative estimate of drug-likeness (QED) is 0.427. The molecule has 6 nitrogen and oxygen atoms in total. The van der Waals surface area contributed by atoms with Gasteiger partial charge in [-0.15, -0.1) is 0 Å². The molecule has 2 N–H and O–H groups in total. The molecule has 0 aliphatic rings. The molecule has 0 saturated carbocycles. The molecule has 2 aromatic carbocycles. The number of nitrogens with zero attached hydrogens (tertiary/aromatic N) is 2. The number of hydrogen-bond acceptors (Lipinski definition) is 2. The number of H-pyrrole nitrogens is 1. The van der Waals surface area contributed by atoms with Crippen molar-refractivity contribution in [2.45, 2.75) is 25.8 Å². The molecule has 0 radical (unpaired) electrons. The first-order valence-corrected chi connectivity index (χ1v) is 11.2. The first-order chi connectivity index (χ1) is 15.9. The molecular weight excluding hydrogens is 412 g/mol. The van der Waals surface area contributed by atoms with Crippen molar-refractivity contribution in [2.24, 2.45) is 7.05 Å². The van der Waals surface area contributed by atoms with Crippen LogP contribution in [0, 0.1) is 6.92 Å². The number of fused-ring (bicyclic) bond motifs is 1. The molecule has 0 spiro atoms.